The van der Waals surface area contributed by atoms with Gasteiger partial charge in [-0.3, -0.25) is 0 Å². The van der Waals surface area contributed by atoms with E-state index in [9.17, 15) is 13.7 Å². The largest absolute Gasteiger partial charge is 0.229 e. The fraction of sp³-hybridized carbons (Fsp3) is 0.909. The summed E-state index contributed by atoms with van der Waals surface area (Å²) in [7, 11) is -2.85. The first-order chi connectivity index (χ1) is 6.97. The zero-order chi connectivity index (χ0) is 11.1. The van der Waals surface area contributed by atoms with Crippen molar-refractivity contribution in [3.8, 4) is 6.07 Å². The lowest BCUT2D eigenvalue weighted by molar-refractivity contribution is 0.263. The van der Waals surface area contributed by atoms with E-state index >= 15 is 0 Å². The molecule has 0 aromatic carbocycles. The molecule has 0 bridgehead atoms. The molecule has 1 heterocycles. The van der Waals surface area contributed by atoms with Crippen LogP contribution in [-0.2, 0) is 9.84 Å². The monoisotopic (exact) mass is 227 g/mol. The lowest BCUT2D eigenvalue weighted by atomic mass is 9.74. The third-order valence-electron chi connectivity index (χ3n) is 4.03. The number of nitriles is 1. The van der Waals surface area contributed by atoms with Gasteiger partial charge < -0.3 is 0 Å². The predicted molar refractivity (Wildman–Crippen MR) is 57.8 cm³/mol. The number of sulfone groups is 1. The Kier molecular flexibility index (Phi) is 2.54. The zero-order valence-electron chi connectivity index (χ0n) is 9.07. The average molecular weight is 227 g/mol. The van der Waals surface area contributed by atoms with Gasteiger partial charge in [0.15, 0.2) is 9.84 Å². The number of rotatable bonds is 1. The quantitative estimate of drug-likeness (QED) is 0.685. The van der Waals surface area contributed by atoms with Crippen molar-refractivity contribution in [2.45, 2.75) is 32.6 Å². The Morgan fingerprint density at radius 1 is 1.40 bits per heavy atom. The van der Waals surface area contributed by atoms with E-state index < -0.39 is 9.84 Å². The number of hydrogen-bond acceptors (Lipinski definition) is 3. The summed E-state index contributed by atoms with van der Waals surface area (Å²) in [5.74, 6) is 1.20. The van der Waals surface area contributed by atoms with Crippen LogP contribution in [0.1, 0.15) is 32.6 Å². The summed E-state index contributed by atoms with van der Waals surface area (Å²) in [5.41, 5.74) is -0.330. The van der Waals surface area contributed by atoms with Crippen LogP contribution in [0.15, 0.2) is 0 Å². The first-order valence-corrected chi connectivity index (χ1v) is 7.41. The van der Waals surface area contributed by atoms with Gasteiger partial charge in [0.05, 0.1) is 23.0 Å². The Morgan fingerprint density at radius 3 is 2.53 bits per heavy atom. The normalized spacial score (nSPS) is 44.0. The zero-order valence-corrected chi connectivity index (χ0v) is 9.89. The van der Waals surface area contributed by atoms with Gasteiger partial charge >= 0.3 is 0 Å². The average Bonchev–Trinajstić information content (AvgIpc) is 2.70. The summed E-state index contributed by atoms with van der Waals surface area (Å²) >= 11 is 0. The highest BCUT2D eigenvalue weighted by atomic mass is 32.2. The molecule has 2 aliphatic rings. The van der Waals surface area contributed by atoms with Crippen LogP contribution in [0, 0.1) is 28.6 Å². The Morgan fingerprint density at radius 2 is 2.13 bits per heavy atom. The van der Waals surface area contributed by atoms with Gasteiger partial charge in [-0.2, -0.15) is 5.26 Å². The summed E-state index contributed by atoms with van der Waals surface area (Å²) in [6.45, 7) is 2.16. The van der Waals surface area contributed by atoms with Crippen LogP contribution in [0.2, 0.25) is 0 Å². The molecule has 3 unspecified atom stereocenters. The van der Waals surface area contributed by atoms with Crippen LogP contribution < -0.4 is 0 Å². The first-order valence-electron chi connectivity index (χ1n) is 5.59. The molecule has 3 atom stereocenters. The number of hydrogen-bond donors (Lipinski definition) is 0. The highest BCUT2D eigenvalue weighted by Gasteiger charge is 2.48. The fourth-order valence-corrected chi connectivity index (χ4v) is 5.03. The van der Waals surface area contributed by atoms with E-state index in [0.717, 1.165) is 19.3 Å². The highest BCUT2D eigenvalue weighted by molar-refractivity contribution is 7.91. The van der Waals surface area contributed by atoms with Crippen molar-refractivity contribution >= 4 is 9.84 Å². The lowest BCUT2D eigenvalue weighted by Gasteiger charge is -2.27. The number of nitrogens with zero attached hydrogens (tertiary/aromatic N) is 1. The third-order valence-corrected chi connectivity index (χ3v) is 5.80. The van der Waals surface area contributed by atoms with E-state index in [1.165, 1.54) is 0 Å². The molecule has 15 heavy (non-hydrogen) atoms. The minimum atomic E-state index is -2.85. The van der Waals surface area contributed by atoms with E-state index in [-0.39, 0.29) is 22.8 Å². The molecule has 0 aromatic rings. The molecular weight excluding hydrogens is 210 g/mol. The molecule has 0 aromatic heterocycles. The molecule has 4 heteroatoms. The molecule has 0 amide bonds. The molecule has 1 saturated heterocycles. The Bertz CT molecular complexity index is 395. The van der Waals surface area contributed by atoms with Crippen molar-refractivity contribution in [2.24, 2.45) is 17.3 Å². The second kappa shape index (κ2) is 3.48. The van der Waals surface area contributed by atoms with Crippen molar-refractivity contribution in [1.29, 1.82) is 5.26 Å². The Hall–Kier alpha value is -0.560. The van der Waals surface area contributed by atoms with Gasteiger partial charge in [0.25, 0.3) is 0 Å². The summed E-state index contributed by atoms with van der Waals surface area (Å²) < 4.78 is 22.9. The van der Waals surface area contributed by atoms with E-state index in [1.54, 1.807) is 0 Å². The Labute approximate surface area is 91.4 Å². The second-order valence-corrected chi connectivity index (χ2v) is 7.44. The summed E-state index contributed by atoms with van der Waals surface area (Å²) in [4.78, 5) is 0. The van der Waals surface area contributed by atoms with Crippen molar-refractivity contribution in [2.75, 3.05) is 11.5 Å². The van der Waals surface area contributed by atoms with Crippen LogP contribution in [0.25, 0.3) is 0 Å². The van der Waals surface area contributed by atoms with Gasteiger partial charge in [-0.05, 0) is 37.5 Å². The van der Waals surface area contributed by atoms with Crippen LogP contribution in [0.3, 0.4) is 0 Å². The molecule has 1 aliphatic heterocycles. The predicted octanol–water partition coefficient (Wildman–Crippen LogP) is 1.75. The maximum Gasteiger partial charge on any atom is 0.150 e. The molecule has 84 valence electrons. The van der Waals surface area contributed by atoms with Crippen LogP contribution in [-0.4, -0.2) is 19.9 Å². The van der Waals surface area contributed by atoms with Gasteiger partial charge in [-0.25, -0.2) is 8.42 Å². The molecular formula is C11H17NO2S. The minimum Gasteiger partial charge on any atom is -0.229 e. The molecule has 0 N–H and O–H groups in total. The molecule has 0 spiro atoms. The van der Waals surface area contributed by atoms with E-state index in [1.807, 2.05) is 0 Å². The summed E-state index contributed by atoms with van der Waals surface area (Å²) in [6.07, 6.45) is 3.56. The SMILES string of the molecule is CC1CCC(C#N)(C2CCS(=O)(=O)C2)C1. The standard InChI is InChI=1S/C11H17NO2S/c1-9-2-4-11(6-9,8-12)10-3-5-15(13,14)7-10/h9-10H,2-7H2,1H3. The van der Waals surface area contributed by atoms with Gasteiger partial charge in [0.2, 0.25) is 0 Å². The lowest BCUT2D eigenvalue weighted by Crippen LogP contribution is -2.27. The summed E-state index contributed by atoms with van der Waals surface area (Å²) in [6, 6.07) is 2.42. The van der Waals surface area contributed by atoms with E-state index in [2.05, 4.69) is 13.0 Å². The molecule has 1 saturated carbocycles. The van der Waals surface area contributed by atoms with Crippen molar-refractivity contribution in [3.63, 3.8) is 0 Å². The first kappa shape index (κ1) is 10.9. The van der Waals surface area contributed by atoms with Gasteiger partial charge in [-0.1, -0.05) is 6.92 Å². The van der Waals surface area contributed by atoms with Crippen molar-refractivity contribution < 1.29 is 8.42 Å². The fourth-order valence-electron chi connectivity index (χ4n) is 3.12. The molecule has 0 radical (unpaired) electrons. The highest BCUT2D eigenvalue weighted by Crippen LogP contribution is 2.49. The van der Waals surface area contributed by atoms with E-state index in [0.29, 0.717) is 12.3 Å². The van der Waals surface area contributed by atoms with Gasteiger partial charge in [-0.15, -0.1) is 0 Å². The minimum absolute atomic E-state index is 0.0949. The molecule has 2 fully saturated rings. The van der Waals surface area contributed by atoms with Crippen LogP contribution in [0.5, 0.6) is 0 Å². The maximum atomic E-state index is 11.4. The topological polar surface area (TPSA) is 57.9 Å². The van der Waals surface area contributed by atoms with Crippen molar-refractivity contribution in [3.05, 3.63) is 0 Å². The maximum absolute atomic E-state index is 11.4. The molecule has 3 nitrogen and oxygen atoms in total. The van der Waals surface area contributed by atoms with E-state index in [4.69, 9.17) is 0 Å². The van der Waals surface area contributed by atoms with Gasteiger partial charge in [0.1, 0.15) is 0 Å². The van der Waals surface area contributed by atoms with Crippen LogP contribution >= 0.6 is 0 Å². The molecule has 2 rings (SSSR count). The third kappa shape index (κ3) is 1.90. The molecule has 1 aliphatic carbocycles. The van der Waals surface area contributed by atoms with Crippen LogP contribution in [0.4, 0.5) is 0 Å². The smallest absolute Gasteiger partial charge is 0.150 e. The second-order valence-electron chi connectivity index (χ2n) is 5.22. The van der Waals surface area contributed by atoms with Gasteiger partial charge in [0, 0.05) is 0 Å². The summed E-state index contributed by atoms with van der Waals surface area (Å²) in [5, 5.41) is 9.32. The Balaban J connectivity index is 2.20. The van der Waals surface area contributed by atoms with Crippen molar-refractivity contribution in [1.82, 2.24) is 0 Å².